The summed E-state index contributed by atoms with van der Waals surface area (Å²) in [4.78, 5) is 24.9. The van der Waals surface area contributed by atoms with Crippen molar-refractivity contribution in [1.82, 2.24) is 0 Å². The molecule has 4 nitrogen and oxygen atoms in total. The Hall–Kier alpha value is -2.14. The molecule has 0 bridgehead atoms. The average Bonchev–Trinajstić information content (AvgIpc) is 3.18. The van der Waals surface area contributed by atoms with Gasteiger partial charge in [-0.3, -0.25) is 0 Å². The van der Waals surface area contributed by atoms with Gasteiger partial charge < -0.3 is 14.8 Å². The van der Waals surface area contributed by atoms with E-state index in [1.165, 1.54) is 50.6 Å². The molecule has 1 saturated carbocycles. The molecule has 0 saturated heterocycles. The van der Waals surface area contributed by atoms with Crippen LogP contribution >= 0.6 is 11.3 Å². The van der Waals surface area contributed by atoms with Crippen molar-refractivity contribution in [2.75, 3.05) is 12.4 Å². The van der Waals surface area contributed by atoms with Crippen LogP contribution in [0.2, 0.25) is 0 Å². The maximum atomic E-state index is 12.4. The molecule has 1 heterocycles. The van der Waals surface area contributed by atoms with Gasteiger partial charge in [0.1, 0.15) is 11.2 Å². The zero-order valence-corrected chi connectivity index (χ0v) is 17.3. The zero-order valence-electron chi connectivity index (χ0n) is 16.5. The Morgan fingerprint density at radius 3 is 2.68 bits per heavy atom. The van der Waals surface area contributed by atoms with Crippen molar-refractivity contribution < 1.29 is 14.3 Å². The number of aldehydes is 1. The molecular formula is C23H29NO3S. The largest absolute Gasteiger partial charge is 0.465 e. The molecule has 1 aromatic heterocycles. The molecule has 2 aromatic rings. The first-order valence-electron chi connectivity index (χ1n) is 10.2. The van der Waals surface area contributed by atoms with E-state index in [-0.39, 0.29) is 12.0 Å². The van der Waals surface area contributed by atoms with E-state index in [0.29, 0.717) is 17.2 Å². The van der Waals surface area contributed by atoms with Crippen LogP contribution in [0.15, 0.2) is 36.4 Å². The molecule has 1 N–H and O–H groups in total. The molecule has 0 spiro atoms. The van der Waals surface area contributed by atoms with Crippen molar-refractivity contribution in [3.63, 3.8) is 0 Å². The molecule has 0 aliphatic heterocycles. The summed E-state index contributed by atoms with van der Waals surface area (Å²) in [6, 6.07) is 12.5. The van der Waals surface area contributed by atoms with Gasteiger partial charge in [-0.25, -0.2) is 4.79 Å². The average molecular weight is 400 g/mol. The lowest BCUT2D eigenvalue weighted by atomic mass is 9.82. The smallest absolute Gasteiger partial charge is 0.350 e. The second-order valence-corrected chi connectivity index (χ2v) is 8.51. The van der Waals surface area contributed by atoms with Gasteiger partial charge in [0.2, 0.25) is 0 Å². The molecule has 1 aliphatic carbocycles. The van der Waals surface area contributed by atoms with Crippen LogP contribution in [-0.4, -0.2) is 25.4 Å². The standard InChI is InChI=1S/C23H29NO3S/c1-27-23(26)22-20(16-21(28-22)18-12-6-3-7-13-18)24-19(14-8-9-15-25)17-10-4-2-5-11-17/h3,6-7,12-13,15-17,19,24H,2,4-5,8-11,14H2,1H3. The third kappa shape index (κ3) is 5.22. The summed E-state index contributed by atoms with van der Waals surface area (Å²) in [6.07, 6.45) is 9.66. The third-order valence-electron chi connectivity index (χ3n) is 5.56. The van der Waals surface area contributed by atoms with Gasteiger partial charge in [-0.2, -0.15) is 0 Å². The molecule has 1 aromatic carbocycles. The Morgan fingerprint density at radius 2 is 2.00 bits per heavy atom. The third-order valence-corrected chi connectivity index (χ3v) is 6.72. The Balaban J connectivity index is 1.86. The van der Waals surface area contributed by atoms with Crippen molar-refractivity contribution in [2.45, 2.75) is 57.4 Å². The highest BCUT2D eigenvalue weighted by Crippen LogP contribution is 2.38. The van der Waals surface area contributed by atoms with Crippen molar-refractivity contribution >= 4 is 29.3 Å². The van der Waals surface area contributed by atoms with Gasteiger partial charge >= 0.3 is 5.97 Å². The minimum absolute atomic E-state index is 0.280. The summed E-state index contributed by atoms with van der Waals surface area (Å²) in [5.74, 6) is 0.288. The lowest BCUT2D eigenvalue weighted by molar-refractivity contribution is -0.107. The van der Waals surface area contributed by atoms with Gasteiger partial charge in [0.15, 0.2) is 0 Å². The first-order valence-corrected chi connectivity index (χ1v) is 11.0. The molecule has 0 amide bonds. The highest BCUT2D eigenvalue weighted by atomic mass is 32.1. The number of nitrogens with one attached hydrogen (secondary N) is 1. The van der Waals surface area contributed by atoms with Gasteiger partial charge in [-0.05, 0) is 43.2 Å². The number of thiophene rings is 1. The van der Waals surface area contributed by atoms with E-state index in [1.807, 2.05) is 18.2 Å². The van der Waals surface area contributed by atoms with Crippen LogP contribution in [-0.2, 0) is 9.53 Å². The van der Waals surface area contributed by atoms with Crippen LogP contribution in [0.25, 0.3) is 10.4 Å². The van der Waals surface area contributed by atoms with E-state index in [1.54, 1.807) is 0 Å². The van der Waals surface area contributed by atoms with Crippen LogP contribution in [0.1, 0.15) is 61.0 Å². The van der Waals surface area contributed by atoms with Crippen molar-refractivity contribution in [3.05, 3.63) is 41.3 Å². The van der Waals surface area contributed by atoms with Crippen LogP contribution in [0.5, 0.6) is 0 Å². The predicted molar refractivity (Wildman–Crippen MR) is 115 cm³/mol. The Kier molecular flexibility index (Phi) is 7.66. The number of methoxy groups -OCH3 is 1. The first-order chi connectivity index (χ1) is 13.7. The number of hydrogen-bond acceptors (Lipinski definition) is 5. The summed E-state index contributed by atoms with van der Waals surface area (Å²) in [5.41, 5.74) is 1.96. The molecule has 1 atom stereocenters. The number of hydrogen-bond donors (Lipinski definition) is 1. The monoisotopic (exact) mass is 399 g/mol. The van der Waals surface area contributed by atoms with Gasteiger partial charge in [-0.15, -0.1) is 11.3 Å². The fraction of sp³-hybridized carbons (Fsp3) is 0.478. The molecule has 1 aliphatic rings. The number of carbonyl (C=O) groups is 2. The second-order valence-electron chi connectivity index (χ2n) is 7.46. The fourth-order valence-corrected chi connectivity index (χ4v) is 5.12. The second kappa shape index (κ2) is 10.4. The van der Waals surface area contributed by atoms with Crippen LogP contribution in [0, 0.1) is 5.92 Å². The van der Waals surface area contributed by atoms with E-state index >= 15 is 0 Å². The molecule has 5 heteroatoms. The SMILES string of the molecule is COC(=O)c1sc(-c2ccccc2)cc1NC(CCCC=O)C1CCCCC1. The quantitative estimate of drug-likeness (QED) is 0.322. The van der Waals surface area contributed by atoms with Crippen LogP contribution in [0.3, 0.4) is 0 Å². The maximum Gasteiger partial charge on any atom is 0.350 e. The van der Waals surface area contributed by atoms with E-state index in [2.05, 4.69) is 23.5 Å². The Labute approximate surface area is 171 Å². The molecule has 28 heavy (non-hydrogen) atoms. The van der Waals surface area contributed by atoms with Gasteiger partial charge in [-0.1, -0.05) is 49.6 Å². The number of carbonyl (C=O) groups excluding carboxylic acids is 2. The summed E-state index contributed by atoms with van der Waals surface area (Å²) >= 11 is 1.47. The topological polar surface area (TPSA) is 55.4 Å². The lowest BCUT2D eigenvalue weighted by Crippen LogP contribution is -2.31. The summed E-state index contributed by atoms with van der Waals surface area (Å²) in [6.45, 7) is 0. The van der Waals surface area contributed by atoms with E-state index in [0.717, 1.165) is 35.3 Å². The van der Waals surface area contributed by atoms with E-state index < -0.39 is 0 Å². The van der Waals surface area contributed by atoms with E-state index in [4.69, 9.17) is 4.74 Å². The molecular weight excluding hydrogens is 370 g/mol. The first kappa shape index (κ1) is 20.6. The normalized spacial score (nSPS) is 15.8. The van der Waals surface area contributed by atoms with Gasteiger partial charge in [0, 0.05) is 17.3 Å². The number of benzene rings is 1. The summed E-state index contributed by atoms with van der Waals surface area (Å²) in [7, 11) is 1.43. The van der Waals surface area contributed by atoms with E-state index in [9.17, 15) is 9.59 Å². The van der Waals surface area contributed by atoms with Crippen LogP contribution < -0.4 is 5.32 Å². The summed E-state index contributed by atoms with van der Waals surface area (Å²) < 4.78 is 5.04. The van der Waals surface area contributed by atoms with Crippen molar-refractivity contribution in [3.8, 4) is 10.4 Å². The Morgan fingerprint density at radius 1 is 1.25 bits per heavy atom. The Bertz CT molecular complexity index is 765. The predicted octanol–water partition coefficient (Wildman–Crippen LogP) is 5.93. The van der Waals surface area contributed by atoms with Gasteiger partial charge in [0.05, 0.1) is 12.8 Å². The molecule has 150 valence electrons. The number of rotatable bonds is 9. The number of ether oxygens (including phenoxy) is 1. The fourth-order valence-electron chi connectivity index (χ4n) is 4.07. The molecule has 1 unspecified atom stereocenters. The molecule has 0 radical (unpaired) electrons. The maximum absolute atomic E-state index is 12.4. The van der Waals surface area contributed by atoms with Crippen molar-refractivity contribution in [1.29, 1.82) is 0 Å². The number of unbranched alkanes of at least 4 members (excludes halogenated alkanes) is 1. The van der Waals surface area contributed by atoms with Gasteiger partial charge in [0.25, 0.3) is 0 Å². The highest BCUT2D eigenvalue weighted by molar-refractivity contribution is 7.18. The number of anilines is 1. The van der Waals surface area contributed by atoms with Crippen LogP contribution in [0.4, 0.5) is 5.69 Å². The zero-order chi connectivity index (χ0) is 19.8. The lowest BCUT2D eigenvalue weighted by Gasteiger charge is -2.31. The molecule has 3 rings (SSSR count). The summed E-state index contributed by atoms with van der Waals surface area (Å²) in [5, 5.41) is 3.68. The van der Waals surface area contributed by atoms with Crippen molar-refractivity contribution in [2.24, 2.45) is 5.92 Å². The highest BCUT2D eigenvalue weighted by Gasteiger charge is 2.26. The number of esters is 1. The molecule has 1 fully saturated rings. The minimum atomic E-state index is -0.301. The minimum Gasteiger partial charge on any atom is -0.465 e.